The summed E-state index contributed by atoms with van der Waals surface area (Å²) in [5.41, 5.74) is -0.0185. The molecule has 1 aliphatic rings. The van der Waals surface area contributed by atoms with Crippen molar-refractivity contribution in [2.45, 2.75) is 53.0 Å². The van der Waals surface area contributed by atoms with Crippen LogP contribution in [0.1, 0.15) is 47.0 Å². The van der Waals surface area contributed by atoms with Crippen molar-refractivity contribution in [2.75, 3.05) is 59.4 Å². The van der Waals surface area contributed by atoms with Crippen molar-refractivity contribution in [1.29, 1.82) is 0 Å². The largest absolute Gasteiger partial charge is 0.460 e. The fourth-order valence-electron chi connectivity index (χ4n) is 4.58. The van der Waals surface area contributed by atoms with E-state index in [1.54, 1.807) is 6.92 Å². The van der Waals surface area contributed by atoms with Gasteiger partial charge in [0.05, 0.1) is 26.4 Å². The maximum Gasteiger partial charge on any atom is 0.407 e. The van der Waals surface area contributed by atoms with Gasteiger partial charge in [0.25, 0.3) is 0 Å². The zero-order chi connectivity index (χ0) is 29.3. The molecule has 2 amide bonds. The van der Waals surface area contributed by atoms with Gasteiger partial charge in [0, 0.05) is 24.2 Å². The van der Waals surface area contributed by atoms with E-state index in [4.69, 9.17) is 28.4 Å². The van der Waals surface area contributed by atoms with E-state index in [9.17, 15) is 19.2 Å². The van der Waals surface area contributed by atoms with Crippen molar-refractivity contribution < 1.29 is 47.6 Å². The molecule has 0 saturated heterocycles. The van der Waals surface area contributed by atoms with E-state index in [1.807, 2.05) is 0 Å². The van der Waals surface area contributed by atoms with Crippen molar-refractivity contribution in [1.82, 2.24) is 10.6 Å². The molecular weight excluding hydrogens is 512 g/mol. The first-order valence-electron chi connectivity index (χ1n) is 13.0. The van der Waals surface area contributed by atoms with Gasteiger partial charge in [0.1, 0.15) is 26.4 Å². The van der Waals surface area contributed by atoms with Gasteiger partial charge in [-0.05, 0) is 37.0 Å². The van der Waals surface area contributed by atoms with Crippen LogP contribution in [0.15, 0.2) is 24.8 Å². The van der Waals surface area contributed by atoms with Crippen molar-refractivity contribution in [2.24, 2.45) is 10.8 Å². The minimum absolute atomic E-state index is 0.0584. The molecule has 0 bridgehead atoms. The lowest BCUT2D eigenvalue weighted by molar-refractivity contribution is -0.141. The van der Waals surface area contributed by atoms with E-state index < -0.39 is 24.1 Å². The summed E-state index contributed by atoms with van der Waals surface area (Å²) < 4.78 is 30.6. The maximum atomic E-state index is 12.3. The first kappa shape index (κ1) is 33.9. The van der Waals surface area contributed by atoms with Gasteiger partial charge < -0.3 is 39.1 Å². The monoisotopic (exact) mass is 556 g/mol. The number of esters is 2. The minimum Gasteiger partial charge on any atom is -0.460 e. The summed E-state index contributed by atoms with van der Waals surface area (Å²) in [6.45, 7) is 16.1. The Hall–Kier alpha value is -3.12. The van der Waals surface area contributed by atoms with Crippen molar-refractivity contribution in [3.05, 3.63) is 24.8 Å². The highest BCUT2D eigenvalue weighted by Crippen LogP contribution is 2.45. The second kappa shape index (κ2) is 17.5. The van der Waals surface area contributed by atoms with Gasteiger partial charge in [-0.1, -0.05) is 33.9 Å². The standard InChI is InChI=1S/C27H44N2O10/c1-7-22(30)36-12-8-34-10-14-38-24(32)28-19-27(6)17-21(16-26(4,5)18-27)29-25(33)39-15-11-35-9-13-37-23(31)20(2)3/h7,21H,1-2,8-19H2,3-6H3,(H,28,32)(H,29,33). The zero-order valence-corrected chi connectivity index (χ0v) is 23.6. The van der Waals surface area contributed by atoms with Crippen molar-refractivity contribution in [3.63, 3.8) is 0 Å². The number of rotatable bonds is 17. The van der Waals surface area contributed by atoms with Crippen molar-refractivity contribution >= 4 is 24.1 Å². The SMILES string of the molecule is C=CC(=O)OCCOCCOC(=O)NCC1(C)CC(NC(=O)OCCOCCOC(=O)C(=C)C)CC(C)(C)C1. The second-order valence-corrected chi connectivity index (χ2v) is 10.5. The van der Waals surface area contributed by atoms with Gasteiger partial charge in [-0.2, -0.15) is 0 Å². The highest BCUT2D eigenvalue weighted by Gasteiger charge is 2.42. The second-order valence-electron chi connectivity index (χ2n) is 10.5. The number of ether oxygens (including phenoxy) is 6. The molecule has 1 rings (SSSR count). The van der Waals surface area contributed by atoms with Crippen LogP contribution in [-0.4, -0.2) is 89.6 Å². The Kier molecular flexibility index (Phi) is 15.2. The average molecular weight is 557 g/mol. The molecule has 2 N–H and O–H groups in total. The van der Waals surface area contributed by atoms with Crippen LogP contribution in [-0.2, 0) is 38.0 Å². The van der Waals surface area contributed by atoms with E-state index in [0.29, 0.717) is 18.5 Å². The average Bonchev–Trinajstić information content (AvgIpc) is 2.84. The lowest BCUT2D eigenvalue weighted by Crippen LogP contribution is -2.50. The van der Waals surface area contributed by atoms with Crippen LogP contribution >= 0.6 is 0 Å². The van der Waals surface area contributed by atoms with Crippen LogP contribution in [0.5, 0.6) is 0 Å². The Labute approximate surface area is 230 Å². The molecule has 1 fully saturated rings. The van der Waals surface area contributed by atoms with Gasteiger partial charge in [0.2, 0.25) is 0 Å². The van der Waals surface area contributed by atoms with E-state index in [-0.39, 0.29) is 69.7 Å². The molecule has 2 unspecified atom stereocenters. The predicted octanol–water partition coefficient (Wildman–Crippen LogP) is 2.91. The van der Waals surface area contributed by atoms with E-state index in [0.717, 1.165) is 18.9 Å². The van der Waals surface area contributed by atoms with Crippen LogP contribution in [0.25, 0.3) is 0 Å². The Morgan fingerprint density at radius 1 is 0.821 bits per heavy atom. The van der Waals surface area contributed by atoms with Gasteiger partial charge in [-0.25, -0.2) is 19.2 Å². The molecule has 0 aromatic carbocycles. The molecule has 0 spiro atoms. The van der Waals surface area contributed by atoms with E-state index in [1.165, 1.54) is 0 Å². The normalized spacial score (nSPS) is 19.7. The van der Waals surface area contributed by atoms with Crippen LogP contribution < -0.4 is 10.6 Å². The summed E-state index contributed by atoms with van der Waals surface area (Å²) in [5, 5.41) is 5.73. The topological polar surface area (TPSA) is 148 Å². The number of nitrogens with one attached hydrogen (secondary N) is 2. The zero-order valence-electron chi connectivity index (χ0n) is 23.6. The summed E-state index contributed by atoms with van der Waals surface area (Å²) in [6, 6.07) is -0.130. The third-order valence-electron chi connectivity index (χ3n) is 5.79. The molecule has 12 nitrogen and oxygen atoms in total. The maximum absolute atomic E-state index is 12.3. The first-order chi connectivity index (χ1) is 18.4. The molecular formula is C27H44N2O10. The van der Waals surface area contributed by atoms with Gasteiger partial charge in [-0.15, -0.1) is 0 Å². The summed E-state index contributed by atoms with van der Waals surface area (Å²) in [6.07, 6.45) is 2.25. The van der Waals surface area contributed by atoms with Crippen LogP contribution in [0.3, 0.4) is 0 Å². The fraction of sp³-hybridized carbons (Fsp3) is 0.704. The molecule has 12 heteroatoms. The quantitative estimate of drug-likeness (QED) is 0.119. The lowest BCUT2D eigenvalue weighted by Gasteiger charge is -2.46. The summed E-state index contributed by atoms with van der Waals surface area (Å²) in [7, 11) is 0. The molecule has 0 aromatic rings. The highest BCUT2D eigenvalue weighted by molar-refractivity contribution is 5.86. The summed E-state index contributed by atoms with van der Waals surface area (Å²) in [5.74, 6) is -0.999. The molecule has 1 aliphatic carbocycles. The highest BCUT2D eigenvalue weighted by atomic mass is 16.6. The predicted molar refractivity (Wildman–Crippen MR) is 142 cm³/mol. The molecule has 39 heavy (non-hydrogen) atoms. The number of hydrogen-bond donors (Lipinski definition) is 2. The number of carbonyl (C=O) groups excluding carboxylic acids is 4. The minimum atomic E-state index is -0.556. The molecule has 1 saturated carbocycles. The number of amides is 2. The van der Waals surface area contributed by atoms with Gasteiger partial charge >= 0.3 is 24.1 Å². The lowest BCUT2D eigenvalue weighted by atomic mass is 9.62. The van der Waals surface area contributed by atoms with Gasteiger partial charge in [-0.3, -0.25) is 0 Å². The Balaban J connectivity index is 2.29. The number of carbonyl (C=O) groups is 4. The Morgan fingerprint density at radius 3 is 1.92 bits per heavy atom. The van der Waals surface area contributed by atoms with E-state index >= 15 is 0 Å². The number of alkyl carbamates (subject to hydrolysis) is 2. The van der Waals surface area contributed by atoms with Crippen molar-refractivity contribution in [3.8, 4) is 0 Å². The fourth-order valence-corrected chi connectivity index (χ4v) is 4.58. The third kappa shape index (κ3) is 15.8. The molecule has 0 aromatic heterocycles. The molecule has 2 atom stereocenters. The van der Waals surface area contributed by atoms with Crippen LogP contribution in [0.4, 0.5) is 9.59 Å². The molecule has 222 valence electrons. The van der Waals surface area contributed by atoms with Crippen LogP contribution in [0.2, 0.25) is 0 Å². The molecule has 0 heterocycles. The Bertz CT molecular complexity index is 844. The third-order valence-corrected chi connectivity index (χ3v) is 5.79. The Morgan fingerprint density at radius 2 is 1.36 bits per heavy atom. The van der Waals surface area contributed by atoms with Gasteiger partial charge in [0.15, 0.2) is 0 Å². The smallest absolute Gasteiger partial charge is 0.407 e. The molecule has 0 radical (unpaired) electrons. The molecule has 0 aliphatic heterocycles. The first-order valence-corrected chi connectivity index (χ1v) is 13.0. The summed E-state index contributed by atoms with van der Waals surface area (Å²) in [4.78, 5) is 46.7. The number of hydrogen-bond acceptors (Lipinski definition) is 10. The summed E-state index contributed by atoms with van der Waals surface area (Å²) >= 11 is 0. The van der Waals surface area contributed by atoms with Crippen LogP contribution in [0, 0.1) is 10.8 Å². The van der Waals surface area contributed by atoms with E-state index in [2.05, 4.69) is 44.6 Å².